The second-order valence-corrected chi connectivity index (χ2v) is 2.59. The van der Waals surface area contributed by atoms with Gasteiger partial charge in [-0.05, 0) is 24.3 Å². The molecule has 2 aromatic heterocycles. The van der Waals surface area contributed by atoms with Crippen LogP contribution >= 0.6 is 20.7 Å². The lowest BCUT2D eigenvalue weighted by Gasteiger charge is -1.69. The lowest BCUT2D eigenvalue weighted by molar-refractivity contribution is 0.405. The third kappa shape index (κ3) is 20.5. The molecule has 0 aromatic carbocycles. The number of halogens is 1. The fourth-order valence-corrected chi connectivity index (χ4v) is 0.507. The van der Waals surface area contributed by atoms with Gasteiger partial charge in [-0.2, -0.15) is 20.4 Å². The summed E-state index contributed by atoms with van der Waals surface area (Å²) >= 11 is 0. The maximum Gasteiger partial charge on any atom is 0.692 e. The minimum absolute atomic E-state index is 0. The molecule has 2 rings (SSSR count). The number of nitrogens with zero attached hydrogens (tertiary/aromatic N) is 4. The molecule has 2 N–H and O–H groups in total. The summed E-state index contributed by atoms with van der Waals surface area (Å²) in [4.78, 5) is 14.2. The van der Waals surface area contributed by atoms with E-state index in [4.69, 9.17) is 14.4 Å². The predicted molar refractivity (Wildman–Crippen MR) is 63.4 cm³/mol. The number of aromatic nitrogens is 4. The second-order valence-electron chi connectivity index (χ2n) is 2.08. The molecule has 0 fully saturated rings. The Balaban J connectivity index is 0. The summed E-state index contributed by atoms with van der Waals surface area (Å²) in [5.41, 5.74) is 0. The molecule has 0 spiro atoms. The van der Waals surface area contributed by atoms with Gasteiger partial charge in [-0.1, -0.05) is 0 Å². The summed E-state index contributed by atoms with van der Waals surface area (Å²) in [5, 5.41) is 14.1. The van der Waals surface area contributed by atoms with Crippen LogP contribution in [0.3, 0.4) is 0 Å². The highest BCUT2D eigenvalue weighted by molar-refractivity contribution is 7.30. The molecule has 2 heterocycles. The summed E-state index contributed by atoms with van der Waals surface area (Å²) in [6, 6.07) is 7.31. The van der Waals surface area contributed by atoms with Gasteiger partial charge in [0.05, 0.1) is 0 Å². The van der Waals surface area contributed by atoms with E-state index in [1.165, 1.54) is 0 Å². The summed E-state index contributed by atoms with van der Waals surface area (Å²) < 4.78 is 8.70. The average molecular weight is 278 g/mol. The molecule has 0 atom stereocenters. The van der Waals surface area contributed by atoms with E-state index in [2.05, 4.69) is 20.4 Å². The molecule has 9 heteroatoms. The van der Waals surface area contributed by atoms with Gasteiger partial charge in [0.15, 0.2) is 0 Å². The molecule has 0 bridgehead atoms. The van der Waals surface area contributed by atoms with Crippen molar-refractivity contribution in [1.29, 1.82) is 0 Å². The van der Waals surface area contributed by atoms with Crippen molar-refractivity contribution in [3.05, 3.63) is 49.1 Å². The Bertz CT molecular complexity index is 279. The highest BCUT2D eigenvalue weighted by Crippen LogP contribution is 1.98. The van der Waals surface area contributed by atoms with Crippen molar-refractivity contribution in [3.63, 3.8) is 0 Å². The van der Waals surface area contributed by atoms with Gasteiger partial charge in [0.2, 0.25) is 0 Å². The Morgan fingerprint density at radius 1 is 0.706 bits per heavy atom. The first-order chi connectivity index (χ1) is 7.73. The standard InChI is InChI=1S/2C4H4N2.ClH.HO3P/c2*1-2-4-6-5-3-1;;1-4(2)3/h2*1-4H;1H;(H-,1,2,3)/p+1. The summed E-state index contributed by atoms with van der Waals surface area (Å²) in [6.45, 7) is 0. The van der Waals surface area contributed by atoms with Crippen LogP contribution in [0.1, 0.15) is 0 Å². The predicted octanol–water partition coefficient (Wildman–Crippen LogP) is 1.00. The Kier molecular flexibility index (Phi) is 15.2. The first-order valence-electron chi connectivity index (χ1n) is 4.02. The Labute approximate surface area is 105 Å². The maximum atomic E-state index is 8.70. The summed E-state index contributed by atoms with van der Waals surface area (Å²) in [5.74, 6) is 0. The van der Waals surface area contributed by atoms with Crippen LogP contribution in [0.4, 0.5) is 0 Å². The van der Waals surface area contributed by atoms with Crippen LogP contribution in [0, 0.1) is 0 Å². The molecule has 17 heavy (non-hydrogen) atoms. The molecular weight excluding hydrogens is 267 g/mol. The van der Waals surface area contributed by atoms with Gasteiger partial charge < -0.3 is 0 Å². The topological polar surface area (TPSA) is 109 Å². The molecule has 0 aliphatic heterocycles. The van der Waals surface area contributed by atoms with Crippen LogP contribution < -0.4 is 0 Å². The van der Waals surface area contributed by atoms with E-state index in [9.17, 15) is 0 Å². The van der Waals surface area contributed by atoms with Gasteiger partial charge in [-0.25, -0.2) is 0 Å². The van der Waals surface area contributed by atoms with Crippen molar-refractivity contribution in [2.24, 2.45) is 0 Å². The molecular formula is C8H11ClN4O3P+. The molecule has 7 nitrogen and oxygen atoms in total. The third-order valence-electron chi connectivity index (χ3n) is 0.966. The van der Waals surface area contributed by atoms with Crippen molar-refractivity contribution in [2.45, 2.75) is 0 Å². The van der Waals surface area contributed by atoms with Gasteiger partial charge in [0.25, 0.3) is 0 Å². The van der Waals surface area contributed by atoms with E-state index in [1.807, 2.05) is 24.3 Å². The quantitative estimate of drug-likeness (QED) is 0.691. The van der Waals surface area contributed by atoms with Crippen molar-refractivity contribution in [2.75, 3.05) is 0 Å². The van der Waals surface area contributed by atoms with Gasteiger partial charge in [-0.3, -0.25) is 0 Å². The number of rotatable bonds is 0. The smallest absolute Gasteiger partial charge is 0.159 e. The Morgan fingerprint density at radius 2 is 0.882 bits per heavy atom. The zero-order valence-corrected chi connectivity index (χ0v) is 10.3. The SMILES string of the molecule is Cl.O=[P+](O)O.c1ccnnc1.c1ccnnc1. The summed E-state index contributed by atoms with van der Waals surface area (Å²) in [6.07, 6.45) is 6.56. The average Bonchev–Trinajstić information content (AvgIpc) is 2.34. The number of hydrogen-bond donors (Lipinski definition) is 2. The van der Waals surface area contributed by atoms with Gasteiger partial charge in [0, 0.05) is 29.4 Å². The third-order valence-corrected chi connectivity index (χ3v) is 0.966. The molecule has 0 aliphatic carbocycles. The van der Waals surface area contributed by atoms with Gasteiger partial charge in [-0.15, -0.1) is 22.2 Å². The zero-order chi connectivity index (χ0) is 12.1. The number of hydrogen-bond acceptors (Lipinski definition) is 5. The van der Waals surface area contributed by atoms with E-state index < -0.39 is 8.25 Å². The Morgan fingerprint density at radius 3 is 0.941 bits per heavy atom. The molecule has 0 amide bonds. The van der Waals surface area contributed by atoms with E-state index in [0.29, 0.717) is 0 Å². The molecule has 2 aromatic rings. The summed E-state index contributed by atoms with van der Waals surface area (Å²) in [7, 11) is -2.87. The van der Waals surface area contributed by atoms with E-state index in [-0.39, 0.29) is 12.4 Å². The van der Waals surface area contributed by atoms with Crippen LogP contribution in [-0.4, -0.2) is 30.2 Å². The van der Waals surface area contributed by atoms with Crippen molar-refractivity contribution in [1.82, 2.24) is 20.4 Å². The molecule has 0 aliphatic rings. The largest absolute Gasteiger partial charge is 0.692 e. The fraction of sp³-hybridized carbons (Fsp3) is 0. The molecule has 92 valence electrons. The van der Waals surface area contributed by atoms with Crippen LogP contribution in [0.15, 0.2) is 49.1 Å². The fourth-order valence-electron chi connectivity index (χ4n) is 0.507. The van der Waals surface area contributed by atoms with Crippen LogP contribution in [0.25, 0.3) is 0 Å². The van der Waals surface area contributed by atoms with Crippen molar-refractivity contribution in [3.8, 4) is 0 Å². The van der Waals surface area contributed by atoms with E-state index in [1.54, 1.807) is 24.8 Å². The van der Waals surface area contributed by atoms with Crippen LogP contribution in [0.2, 0.25) is 0 Å². The zero-order valence-electron chi connectivity index (χ0n) is 8.57. The van der Waals surface area contributed by atoms with E-state index >= 15 is 0 Å². The van der Waals surface area contributed by atoms with Crippen molar-refractivity contribution >= 4 is 20.7 Å². The minimum atomic E-state index is -2.87. The minimum Gasteiger partial charge on any atom is -0.159 e. The lowest BCUT2D eigenvalue weighted by Crippen LogP contribution is -1.69. The monoisotopic (exact) mass is 277 g/mol. The molecule has 0 unspecified atom stereocenters. The highest BCUT2D eigenvalue weighted by Gasteiger charge is 1.93. The first-order valence-corrected chi connectivity index (χ1v) is 5.18. The molecule has 0 saturated heterocycles. The van der Waals surface area contributed by atoms with Crippen LogP contribution in [-0.2, 0) is 4.57 Å². The van der Waals surface area contributed by atoms with E-state index in [0.717, 1.165) is 0 Å². The lowest BCUT2D eigenvalue weighted by atomic mass is 10.6. The second kappa shape index (κ2) is 14.5. The van der Waals surface area contributed by atoms with Gasteiger partial charge >= 0.3 is 8.25 Å². The normalized spacial score (nSPS) is 7.18. The first kappa shape index (κ1) is 17.9. The highest BCUT2D eigenvalue weighted by atomic mass is 35.5. The van der Waals surface area contributed by atoms with Crippen LogP contribution in [0.5, 0.6) is 0 Å². The maximum absolute atomic E-state index is 8.70. The van der Waals surface area contributed by atoms with Crippen molar-refractivity contribution < 1.29 is 14.4 Å². The molecule has 0 saturated carbocycles. The van der Waals surface area contributed by atoms with Gasteiger partial charge in [0.1, 0.15) is 0 Å². The Hall–Kier alpha value is -1.53. The molecule has 0 radical (unpaired) electrons.